The average Bonchev–Trinajstić information content (AvgIpc) is 3.45. The maximum absolute atomic E-state index is 12.9. The van der Waals surface area contributed by atoms with Crippen molar-refractivity contribution in [1.29, 1.82) is 0 Å². The molecule has 0 radical (unpaired) electrons. The first-order valence-electron chi connectivity index (χ1n) is 34.1. The van der Waals surface area contributed by atoms with Crippen LogP contribution in [0.5, 0.6) is 0 Å². The van der Waals surface area contributed by atoms with Gasteiger partial charge in [-0.15, -0.1) is 0 Å². The number of carbonyl (C=O) groups excluding carboxylic acids is 3. The molecule has 0 amide bonds. The highest BCUT2D eigenvalue weighted by atomic mass is 16.6. The molecule has 1 unspecified atom stereocenters. The van der Waals surface area contributed by atoms with Crippen molar-refractivity contribution < 1.29 is 28.6 Å². The van der Waals surface area contributed by atoms with Crippen molar-refractivity contribution in [2.45, 2.75) is 348 Å². The zero-order chi connectivity index (χ0) is 57.1. The first-order chi connectivity index (χ1) is 39.0. The fraction of sp³-hybridized carbons (Fsp3) is 0.767. The maximum atomic E-state index is 12.9. The number of ether oxygens (including phenoxy) is 3. The van der Waals surface area contributed by atoms with Crippen molar-refractivity contribution >= 4 is 17.9 Å². The van der Waals surface area contributed by atoms with Gasteiger partial charge in [-0.25, -0.2) is 0 Å². The molecule has 0 aliphatic rings. The van der Waals surface area contributed by atoms with Crippen LogP contribution in [0.15, 0.2) is 85.1 Å². The van der Waals surface area contributed by atoms with E-state index in [-0.39, 0.29) is 31.1 Å². The van der Waals surface area contributed by atoms with Crippen molar-refractivity contribution in [2.75, 3.05) is 13.2 Å². The Hall–Kier alpha value is -3.41. The lowest BCUT2D eigenvalue weighted by atomic mass is 10.0. The molecule has 0 rings (SSSR count). The summed E-state index contributed by atoms with van der Waals surface area (Å²) >= 11 is 0. The van der Waals surface area contributed by atoms with Crippen LogP contribution in [-0.4, -0.2) is 37.2 Å². The third-order valence-corrected chi connectivity index (χ3v) is 14.9. The predicted molar refractivity (Wildman–Crippen MR) is 344 cm³/mol. The van der Waals surface area contributed by atoms with E-state index in [1.165, 1.54) is 193 Å². The van der Waals surface area contributed by atoms with Gasteiger partial charge in [-0.05, 0) is 116 Å². The number of rotatable bonds is 62. The molecular formula is C73H128O6. The molecule has 0 N–H and O–H groups in total. The highest BCUT2D eigenvalue weighted by Crippen LogP contribution is 2.17. The van der Waals surface area contributed by atoms with E-state index in [2.05, 4.69) is 106 Å². The Bertz CT molecular complexity index is 1500. The van der Waals surface area contributed by atoms with Gasteiger partial charge < -0.3 is 14.2 Å². The Balaban J connectivity index is 4.25. The van der Waals surface area contributed by atoms with E-state index in [9.17, 15) is 14.4 Å². The summed E-state index contributed by atoms with van der Waals surface area (Å²) in [5.41, 5.74) is 0. The van der Waals surface area contributed by atoms with Gasteiger partial charge in [-0.2, -0.15) is 0 Å². The number of esters is 3. The zero-order valence-electron chi connectivity index (χ0n) is 52.4. The summed E-state index contributed by atoms with van der Waals surface area (Å²) in [6.45, 7) is 6.51. The second-order valence-electron chi connectivity index (χ2n) is 22.7. The Labute approximate surface area is 490 Å². The second-order valence-corrected chi connectivity index (χ2v) is 22.7. The molecule has 0 saturated heterocycles. The lowest BCUT2D eigenvalue weighted by Gasteiger charge is -2.18. The van der Waals surface area contributed by atoms with Crippen molar-refractivity contribution in [3.05, 3.63) is 85.1 Å². The average molecular weight is 1100 g/mol. The topological polar surface area (TPSA) is 78.9 Å². The van der Waals surface area contributed by atoms with Crippen LogP contribution in [0.1, 0.15) is 342 Å². The van der Waals surface area contributed by atoms with Crippen LogP contribution < -0.4 is 0 Å². The van der Waals surface area contributed by atoms with Gasteiger partial charge in [0.05, 0.1) is 0 Å². The minimum Gasteiger partial charge on any atom is -0.462 e. The molecule has 6 heteroatoms. The minimum absolute atomic E-state index is 0.0830. The van der Waals surface area contributed by atoms with Gasteiger partial charge in [-0.1, -0.05) is 292 Å². The molecule has 79 heavy (non-hydrogen) atoms. The quantitative estimate of drug-likeness (QED) is 0.0261. The first kappa shape index (κ1) is 75.6. The molecule has 0 aromatic carbocycles. The van der Waals surface area contributed by atoms with Crippen LogP contribution in [0.4, 0.5) is 0 Å². The Kier molecular flexibility index (Phi) is 64.2. The van der Waals surface area contributed by atoms with Gasteiger partial charge in [-0.3, -0.25) is 14.4 Å². The standard InChI is InChI=1S/C73H128O6/c1-4-7-10-13-16-19-22-25-28-30-31-32-33-34-35-36-37-38-39-40-41-43-45-48-51-54-57-60-63-66-72(75)78-69-70(68-77-71(74)65-62-59-56-53-50-47-44-27-24-21-18-15-12-9-6-3)79-73(76)67-64-61-58-55-52-49-46-42-29-26-23-20-17-14-11-8-5-2/h8,11,17-18,20-22,25-27,29-31,44,70H,4-7,9-10,12-16,19,23-24,28,32-43,45-69H2,1-3H3/b11-8-,20-17-,21-18-,25-22-,29-26-,31-30-,44-27-. The van der Waals surface area contributed by atoms with E-state index in [1.54, 1.807) is 0 Å². The van der Waals surface area contributed by atoms with Gasteiger partial charge in [0.2, 0.25) is 0 Å². The van der Waals surface area contributed by atoms with Crippen LogP contribution in [0.2, 0.25) is 0 Å². The molecule has 0 aromatic heterocycles. The predicted octanol–water partition coefficient (Wildman–Crippen LogP) is 23.4. The van der Waals surface area contributed by atoms with Crippen molar-refractivity contribution in [3.8, 4) is 0 Å². The zero-order valence-corrected chi connectivity index (χ0v) is 52.4. The summed E-state index contributed by atoms with van der Waals surface area (Å²) < 4.78 is 16.9. The molecule has 1 atom stereocenters. The summed E-state index contributed by atoms with van der Waals surface area (Å²) in [5.74, 6) is -0.892. The fourth-order valence-corrected chi connectivity index (χ4v) is 9.76. The van der Waals surface area contributed by atoms with Gasteiger partial charge in [0.1, 0.15) is 13.2 Å². The van der Waals surface area contributed by atoms with E-state index < -0.39 is 6.10 Å². The first-order valence-corrected chi connectivity index (χ1v) is 34.1. The molecular weight excluding hydrogens is 973 g/mol. The molecule has 0 fully saturated rings. The Morgan fingerprint density at radius 3 is 0.797 bits per heavy atom. The van der Waals surface area contributed by atoms with Gasteiger partial charge in [0.25, 0.3) is 0 Å². The molecule has 6 nitrogen and oxygen atoms in total. The number of hydrogen-bond donors (Lipinski definition) is 0. The normalized spacial score (nSPS) is 12.6. The Morgan fingerprint density at radius 1 is 0.266 bits per heavy atom. The number of carbonyl (C=O) groups is 3. The molecule has 0 saturated carbocycles. The number of allylic oxidation sites excluding steroid dienone is 14. The van der Waals surface area contributed by atoms with E-state index >= 15 is 0 Å². The second kappa shape index (κ2) is 67.1. The van der Waals surface area contributed by atoms with Gasteiger partial charge in [0, 0.05) is 19.3 Å². The van der Waals surface area contributed by atoms with Crippen molar-refractivity contribution in [1.82, 2.24) is 0 Å². The highest BCUT2D eigenvalue weighted by molar-refractivity contribution is 5.71. The minimum atomic E-state index is -0.789. The lowest BCUT2D eigenvalue weighted by Crippen LogP contribution is -2.30. The third-order valence-electron chi connectivity index (χ3n) is 14.9. The number of unbranched alkanes of at least 4 members (excludes halogenated alkanes) is 37. The SMILES string of the molecule is CC/C=C\C/C=C\C/C=C\CCCCCCCCCC(=O)OC(COC(=O)CCCCCCC/C=C\C/C=C\CCCCC)COC(=O)CCCCCCCCCCCCCCCCCCC/C=C\C/C=C\CCCCCCC. The van der Waals surface area contributed by atoms with Gasteiger partial charge >= 0.3 is 17.9 Å². The Morgan fingerprint density at radius 2 is 0.494 bits per heavy atom. The van der Waals surface area contributed by atoms with Crippen molar-refractivity contribution in [2.24, 2.45) is 0 Å². The fourth-order valence-electron chi connectivity index (χ4n) is 9.76. The van der Waals surface area contributed by atoms with Crippen LogP contribution in [-0.2, 0) is 28.6 Å². The summed E-state index contributed by atoms with van der Waals surface area (Å²) in [5, 5.41) is 0. The smallest absolute Gasteiger partial charge is 0.306 e. The molecule has 456 valence electrons. The maximum Gasteiger partial charge on any atom is 0.306 e. The third kappa shape index (κ3) is 65.3. The summed E-state index contributed by atoms with van der Waals surface area (Å²) in [6.07, 6.45) is 88.9. The molecule has 0 aromatic rings. The number of hydrogen-bond acceptors (Lipinski definition) is 6. The molecule has 0 aliphatic carbocycles. The van der Waals surface area contributed by atoms with Crippen LogP contribution >= 0.6 is 0 Å². The highest BCUT2D eigenvalue weighted by Gasteiger charge is 2.19. The van der Waals surface area contributed by atoms with E-state index in [4.69, 9.17) is 14.2 Å². The van der Waals surface area contributed by atoms with E-state index in [0.29, 0.717) is 19.3 Å². The summed E-state index contributed by atoms with van der Waals surface area (Å²) in [4.78, 5) is 38.4. The van der Waals surface area contributed by atoms with Gasteiger partial charge in [0.15, 0.2) is 6.10 Å². The largest absolute Gasteiger partial charge is 0.462 e. The molecule has 0 bridgehead atoms. The molecule has 0 spiro atoms. The van der Waals surface area contributed by atoms with Crippen LogP contribution in [0.25, 0.3) is 0 Å². The van der Waals surface area contributed by atoms with Crippen molar-refractivity contribution in [3.63, 3.8) is 0 Å². The summed E-state index contributed by atoms with van der Waals surface area (Å²) in [7, 11) is 0. The monoisotopic (exact) mass is 1100 g/mol. The van der Waals surface area contributed by atoms with Crippen LogP contribution in [0.3, 0.4) is 0 Å². The molecule has 0 heterocycles. The lowest BCUT2D eigenvalue weighted by molar-refractivity contribution is -0.167. The summed E-state index contributed by atoms with van der Waals surface area (Å²) in [6, 6.07) is 0. The molecule has 0 aliphatic heterocycles. The van der Waals surface area contributed by atoms with E-state index in [1.807, 2.05) is 0 Å². The van der Waals surface area contributed by atoms with E-state index in [0.717, 1.165) is 109 Å². The van der Waals surface area contributed by atoms with Crippen LogP contribution in [0, 0.1) is 0 Å².